The maximum absolute atomic E-state index is 10.4. The Bertz CT molecular complexity index is 476. The molecule has 1 aliphatic rings. The molecule has 2 rings (SSSR count). The molecule has 104 valence electrons. The molecule has 0 spiro atoms. The van der Waals surface area contributed by atoms with Crippen molar-refractivity contribution >= 4 is 17.7 Å². The van der Waals surface area contributed by atoms with Crippen LogP contribution in [0.2, 0.25) is 0 Å². The molecule has 0 saturated carbocycles. The molecule has 6 heteroatoms. The van der Waals surface area contributed by atoms with Crippen LogP contribution in [-0.4, -0.2) is 24.3 Å². The monoisotopic (exact) mass is 304 g/mol. The minimum Gasteiger partial charge on any atom is -0.549 e. The maximum Gasteiger partial charge on any atom is 1.00 e. The first-order valence-corrected chi connectivity index (χ1v) is 7.43. The van der Waals surface area contributed by atoms with E-state index in [0.29, 0.717) is 5.92 Å². The van der Waals surface area contributed by atoms with E-state index in [1.807, 2.05) is 12.1 Å². The number of carboxylic acids is 1. The fourth-order valence-electron chi connectivity index (χ4n) is 2.09. The van der Waals surface area contributed by atoms with Gasteiger partial charge in [0.05, 0.1) is 5.97 Å². The number of carboxylic acid groups (broad SMARTS) is 1. The number of hydrogen-bond acceptors (Lipinski definition) is 5. The number of aryl methyl sites for hydroxylation is 1. The third kappa shape index (κ3) is 4.58. The Labute approximate surface area is 145 Å². The third-order valence-corrected chi connectivity index (χ3v) is 3.92. The molecule has 1 aliphatic heterocycles. The molecule has 0 atom stereocenters. The number of ether oxygens (including phenoxy) is 2. The second kappa shape index (κ2) is 8.17. The molecule has 0 unspecified atom stereocenters. The van der Waals surface area contributed by atoms with Gasteiger partial charge in [-0.05, 0) is 41.4 Å². The molecule has 1 aromatic rings. The maximum atomic E-state index is 10.4. The van der Waals surface area contributed by atoms with Gasteiger partial charge in [-0.15, -0.1) is 0 Å². The topological polar surface area (TPSA) is 58.6 Å². The molecular weight excluding hydrogens is 287 g/mol. The van der Waals surface area contributed by atoms with Crippen LogP contribution in [0.5, 0.6) is 11.5 Å². The van der Waals surface area contributed by atoms with Crippen LogP contribution in [-0.2, 0) is 11.2 Å². The zero-order chi connectivity index (χ0) is 13.8. The van der Waals surface area contributed by atoms with E-state index in [-0.39, 0.29) is 42.1 Å². The van der Waals surface area contributed by atoms with Crippen LogP contribution < -0.4 is 44.1 Å². The molecule has 0 bridgehead atoms. The SMILES string of the molecule is CC(C)c1cc2c(cc1CCSCC(=O)[O-])OCO2.[Na+]. The first-order valence-electron chi connectivity index (χ1n) is 6.28. The zero-order valence-corrected chi connectivity index (χ0v) is 14.9. The summed E-state index contributed by atoms with van der Waals surface area (Å²) in [6.45, 7) is 4.54. The van der Waals surface area contributed by atoms with Gasteiger partial charge in [-0.25, -0.2) is 0 Å². The van der Waals surface area contributed by atoms with E-state index in [1.54, 1.807) is 0 Å². The van der Waals surface area contributed by atoms with Gasteiger partial charge in [0.15, 0.2) is 11.5 Å². The fourth-order valence-corrected chi connectivity index (χ4v) is 2.77. The van der Waals surface area contributed by atoms with E-state index < -0.39 is 5.97 Å². The second-order valence-electron chi connectivity index (χ2n) is 4.73. The Kier molecular flexibility index (Phi) is 7.23. The minimum atomic E-state index is -1.01. The molecule has 0 aliphatic carbocycles. The second-order valence-corrected chi connectivity index (χ2v) is 5.84. The molecular formula is C14H17NaO4S. The van der Waals surface area contributed by atoms with Gasteiger partial charge in [0.25, 0.3) is 0 Å². The Balaban J connectivity index is 0.00000200. The van der Waals surface area contributed by atoms with Gasteiger partial charge in [0.2, 0.25) is 6.79 Å². The normalized spacial score (nSPS) is 12.3. The summed E-state index contributed by atoms with van der Waals surface area (Å²) in [6.07, 6.45) is 0.822. The van der Waals surface area contributed by atoms with Crippen molar-refractivity contribution in [2.75, 3.05) is 18.3 Å². The number of benzene rings is 1. The summed E-state index contributed by atoms with van der Waals surface area (Å²) in [4.78, 5) is 10.4. The predicted molar refractivity (Wildman–Crippen MR) is 72.7 cm³/mol. The van der Waals surface area contributed by atoms with Gasteiger partial charge in [-0.2, -0.15) is 11.8 Å². The average molecular weight is 304 g/mol. The summed E-state index contributed by atoms with van der Waals surface area (Å²) >= 11 is 1.38. The average Bonchev–Trinajstić information content (AvgIpc) is 2.80. The Hall–Kier alpha value is -0.360. The van der Waals surface area contributed by atoms with Crippen LogP contribution in [0.1, 0.15) is 30.9 Å². The Morgan fingerprint density at radius 3 is 2.60 bits per heavy atom. The van der Waals surface area contributed by atoms with Gasteiger partial charge >= 0.3 is 29.6 Å². The standard InChI is InChI=1S/C14H18O4S.Na/c1-9(2)11-6-13-12(17-8-18-13)5-10(11)3-4-19-7-14(15)16;/h5-6,9H,3-4,7-8H2,1-2H3,(H,15,16);/q;+1/p-1. The number of carbonyl (C=O) groups excluding carboxylic acids is 1. The number of fused-ring (bicyclic) bond motifs is 1. The van der Waals surface area contributed by atoms with Crippen LogP contribution in [0.3, 0.4) is 0 Å². The van der Waals surface area contributed by atoms with E-state index in [4.69, 9.17) is 9.47 Å². The minimum absolute atomic E-state index is 0. The zero-order valence-electron chi connectivity index (χ0n) is 12.1. The first-order chi connectivity index (χ1) is 9.08. The van der Waals surface area contributed by atoms with Crippen molar-refractivity contribution in [2.45, 2.75) is 26.2 Å². The molecule has 1 aromatic carbocycles. The van der Waals surface area contributed by atoms with Crippen molar-refractivity contribution in [3.8, 4) is 11.5 Å². The summed E-state index contributed by atoms with van der Waals surface area (Å²) in [6, 6.07) is 4.04. The largest absolute Gasteiger partial charge is 1.00 e. The van der Waals surface area contributed by atoms with Crippen molar-refractivity contribution in [3.05, 3.63) is 23.3 Å². The molecule has 0 saturated heterocycles. The van der Waals surface area contributed by atoms with E-state index in [9.17, 15) is 9.90 Å². The molecule has 4 nitrogen and oxygen atoms in total. The fraction of sp³-hybridized carbons (Fsp3) is 0.500. The summed E-state index contributed by atoms with van der Waals surface area (Å²) < 4.78 is 10.8. The smallest absolute Gasteiger partial charge is 0.549 e. The summed E-state index contributed by atoms with van der Waals surface area (Å²) in [5.74, 6) is 1.77. The quantitative estimate of drug-likeness (QED) is 0.476. The van der Waals surface area contributed by atoms with Crippen molar-refractivity contribution in [2.24, 2.45) is 0 Å². The predicted octanol–water partition coefficient (Wildman–Crippen LogP) is -1.43. The van der Waals surface area contributed by atoms with Gasteiger partial charge in [0.1, 0.15) is 0 Å². The third-order valence-electron chi connectivity index (χ3n) is 2.99. The van der Waals surface area contributed by atoms with Gasteiger partial charge < -0.3 is 19.4 Å². The molecule has 0 amide bonds. The molecule has 0 fully saturated rings. The van der Waals surface area contributed by atoms with Crippen molar-refractivity contribution < 1.29 is 48.9 Å². The molecule has 0 radical (unpaired) electrons. The van der Waals surface area contributed by atoms with E-state index in [1.165, 1.54) is 22.9 Å². The molecule has 20 heavy (non-hydrogen) atoms. The molecule has 0 aromatic heterocycles. The van der Waals surface area contributed by atoms with E-state index >= 15 is 0 Å². The summed E-state index contributed by atoms with van der Waals surface area (Å²) in [5, 5.41) is 10.4. The Morgan fingerprint density at radius 2 is 2.00 bits per heavy atom. The summed E-state index contributed by atoms with van der Waals surface area (Å²) in [5.41, 5.74) is 2.43. The summed E-state index contributed by atoms with van der Waals surface area (Å²) in [7, 11) is 0. The Morgan fingerprint density at radius 1 is 1.35 bits per heavy atom. The number of carbonyl (C=O) groups is 1. The van der Waals surface area contributed by atoms with E-state index in [2.05, 4.69) is 13.8 Å². The van der Waals surface area contributed by atoms with Crippen LogP contribution in [0.25, 0.3) is 0 Å². The van der Waals surface area contributed by atoms with Crippen LogP contribution >= 0.6 is 11.8 Å². The molecule has 1 heterocycles. The van der Waals surface area contributed by atoms with Crippen molar-refractivity contribution in [1.82, 2.24) is 0 Å². The van der Waals surface area contributed by atoms with Crippen LogP contribution in [0.4, 0.5) is 0 Å². The van der Waals surface area contributed by atoms with Gasteiger partial charge in [-0.3, -0.25) is 0 Å². The van der Waals surface area contributed by atoms with Crippen molar-refractivity contribution in [1.29, 1.82) is 0 Å². The first kappa shape index (κ1) is 17.7. The van der Waals surface area contributed by atoms with Gasteiger partial charge in [-0.1, -0.05) is 13.8 Å². The van der Waals surface area contributed by atoms with Crippen LogP contribution in [0.15, 0.2) is 12.1 Å². The van der Waals surface area contributed by atoms with Crippen molar-refractivity contribution in [3.63, 3.8) is 0 Å². The molecule has 0 N–H and O–H groups in total. The van der Waals surface area contributed by atoms with Crippen LogP contribution in [0, 0.1) is 0 Å². The number of rotatable bonds is 6. The number of thioether (sulfide) groups is 1. The number of aliphatic carboxylic acids is 1. The number of hydrogen-bond donors (Lipinski definition) is 0. The van der Waals surface area contributed by atoms with Gasteiger partial charge in [0, 0.05) is 5.75 Å². The van der Waals surface area contributed by atoms with E-state index in [0.717, 1.165) is 23.7 Å².